The Labute approximate surface area is 134 Å². The second kappa shape index (κ2) is 5.42. The molecule has 3 aromatic rings. The van der Waals surface area contributed by atoms with E-state index >= 15 is 0 Å². The third-order valence-electron chi connectivity index (χ3n) is 2.58. The molecule has 9 heteroatoms. The third-order valence-corrected chi connectivity index (χ3v) is 5.42. The molecule has 0 radical (unpaired) electrons. The van der Waals surface area contributed by atoms with E-state index in [1.54, 1.807) is 18.2 Å². The van der Waals surface area contributed by atoms with E-state index in [2.05, 4.69) is 14.7 Å². The van der Waals surface area contributed by atoms with Crippen molar-refractivity contribution in [3.8, 4) is 0 Å². The molecule has 1 aromatic carbocycles. The number of aromatic nitrogens is 2. The van der Waals surface area contributed by atoms with Gasteiger partial charge in [-0.3, -0.25) is 4.72 Å². The molecule has 0 saturated heterocycles. The van der Waals surface area contributed by atoms with Gasteiger partial charge < -0.3 is 0 Å². The lowest BCUT2D eigenvalue weighted by Gasteiger charge is -2.04. The largest absolute Gasteiger partial charge is 0.263 e. The fourth-order valence-corrected chi connectivity index (χ4v) is 4.30. The highest BCUT2D eigenvalue weighted by Crippen LogP contribution is 2.29. The molecular formula is C12H7Cl2N3O2S2. The first kappa shape index (κ1) is 14.5. The van der Waals surface area contributed by atoms with Crippen LogP contribution in [0.25, 0.3) is 10.2 Å². The Kier molecular flexibility index (Phi) is 3.75. The Morgan fingerprint density at radius 3 is 2.71 bits per heavy atom. The normalized spacial score (nSPS) is 11.7. The molecule has 2 aromatic heterocycles. The first-order valence-corrected chi connectivity index (χ1v) is 8.70. The molecule has 21 heavy (non-hydrogen) atoms. The zero-order chi connectivity index (χ0) is 15.0. The van der Waals surface area contributed by atoms with E-state index < -0.39 is 10.0 Å². The Morgan fingerprint density at radius 2 is 1.95 bits per heavy atom. The quantitative estimate of drug-likeness (QED) is 0.721. The first-order chi connectivity index (χ1) is 9.94. The molecule has 1 N–H and O–H groups in total. The lowest BCUT2D eigenvalue weighted by Crippen LogP contribution is -2.12. The predicted octanol–water partition coefficient (Wildman–Crippen LogP) is 3.80. The number of rotatable bonds is 3. The number of anilines is 1. The van der Waals surface area contributed by atoms with E-state index in [1.165, 1.54) is 29.7 Å². The van der Waals surface area contributed by atoms with Gasteiger partial charge in [0.2, 0.25) is 0 Å². The summed E-state index contributed by atoms with van der Waals surface area (Å²) >= 11 is 12.8. The van der Waals surface area contributed by atoms with Gasteiger partial charge in [0.05, 0.1) is 15.1 Å². The highest BCUT2D eigenvalue weighted by molar-refractivity contribution is 7.93. The number of pyridine rings is 1. The van der Waals surface area contributed by atoms with Crippen LogP contribution >= 0.6 is 34.5 Å². The van der Waals surface area contributed by atoms with Gasteiger partial charge in [0.15, 0.2) is 5.13 Å². The summed E-state index contributed by atoms with van der Waals surface area (Å²) < 4.78 is 27.7. The summed E-state index contributed by atoms with van der Waals surface area (Å²) in [5, 5.41) is 0.940. The number of nitrogens with zero attached hydrogens (tertiary/aromatic N) is 2. The minimum atomic E-state index is -3.75. The fraction of sp³-hybridized carbons (Fsp3) is 0. The average molecular weight is 360 g/mol. The van der Waals surface area contributed by atoms with Crippen LogP contribution in [0.2, 0.25) is 10.2 Å². The maximum atomic E-state index is 12.2. The van der Waals surface area contributed by atoms with Crippen molar-refractivity contribution in [1.29, 1.82) is 0 Å². The maximum absolute atomic E-state index is 12.2. The van der Waals surface area contributed by atoms with Crippen LogP contribution in [0, 0.1) is 0 Å². The third kappa shape index (κ3) is 3.11. The summed E-state index contributed by atoms with van der Waals surface area (Å²) in [6.07, 6.45) is 1.33. The van der Waals surface area contributed by atoms with Crippen LogP contribution in [0.5, 0.6) is 0 Å². The molecule has 108 valence electrons. The summed E-state index contributed by atoms with van der Waals surface area (Å²) in [6, 6.07) is 7.79. The van der Waals surface area contributed by atoms with Crippen LogP contribution in [0.1, 0.15) is 0 Å². The SMILES string of the molecule is O=S(=O)(Nc1nc2ccc(Cl)cc2s1)c1ccnc(Cl)c1. The second-order valence-electron chi connectivity index (χ2n) is 4.05. The van der Waals surface area contributed by atoms with Gasteiger partial charge in [-0.2, -0.15) is 0 Å². The molecule has 5 nitrogen and oxygen atoms in total. The maximum Gasteiger partial charge on any atom is 0.263 e. The van der Waals surface area contributed by atoms with Crippen LogP contribution in [0.15, 0.2) is 41.4 Å². The topological polar surface area (TPSA) is 72.0 Å². The van der Waals surface area contributed by atoms with Gasteiger partial charge in [-0.1, -0.05) is 34.5 Å². The minimum Gasteiger partial charge on any atom is -0.255 e. The minimum absolute atomic E-state index is 0.0276. The van der Waals surface area contributed by atoms with Gasteiger partial charge in [-0.05, 0) is 30.3 Å². The lowest BCUT2D eigenvalue weighted by molar-refractivity contribution is 0.601. The fourth-order valence-electron chi connectivity index (χ4n) is 1.67. The average Bonchev–Trinajstić information content (AvgIpc) is 2.79. The van der Waals surface area contributed by atoms with Gasteiger partial charge in [0, 0.05) is 11.2 Å². The van der Waals surface area contributed by atoms with Crippen molar-refractivity contribution in [2.45, 2.75) is 4.90 Å². The molecule has 0 aliphatic carbocycles. The van der Waals surface area contributed by atoms with Gasteiger partial charge in [0.25, 0.3) is 10.0 Å². The Hall–Kier alpha value is -1.41. The summed E-state index contributed by atoms with van der Waals surface area (Å²) in [6.45, 7) is 0. The molecule has 0 amide bonds. The molecule has 3 rings (SSSR count). The molecule has 0 saturated carbocycles. The number of hydrogen-bond acceptors (Lipinski definition) is 5. The lowest BCUT2D eigenvalue weighted by atomic mass is 10.3. The molecule has 0 fully saturated rings. The van der Waals surface area contributed by atoms with Crippen LogP contribution in [-0.2, 0) is 10.0 Å². The number of hydrogen-bond donors (Lipinski definition) is 1. The smallest absolute Gasteiger partial charge is 0.255 e. The van der Waals surface area contributed by atoms with Crippen molar-refractivity contribution < 1.29 is 8.42 Å². The van der Waals surface area contributed by atoms with Crippen LogP contribution in [0.4, 0.5) is 5.13 Å². The highest BCUT2D eigenvalue weighted by atomic mass is 35.5. The number of thiazole rings is 1. The van der Waals surface area contributed by atoms with Crippen molar-refractivity contribution in [2.24, 2.45) is 0 Å². The van der Waals surface area contributed by atoms with Gasteiger partial charge in [-0.25, -0.2) is 18.4 Å². The van der Waals surface area contributed by atoms with Crippen LogP contribution < -0.4 is 4.72 Å². The Bertz CT molecular complexity index is 925. The monoisotopic (exact) mass is 359 g/mol. The number of nitrogens with one attached hydrogen (secondary N) is 1. The number of benzene rings is 1. The summed E-state index contributed by atoms with van der Waals surface area (Å²) in [7, 11) is -3.75. The Morgan fingerprint density at radius 1 is 1.14 bits per heavy atom. The van der Waals surface area contributed by atoms with Crippen LogP contribution in [0.3, 0.4) is 0 Å². The molecule has 0 spiro atoms. The van der Waals surface area contributed by atoms with Gasteiger partial charge in [0.1, 0.15) is 5.15 Å². The molecule has 0 bridgehead atoms. The Balaban J connectivity index is 1.97. The first-order valence-electron chi connectivity index (χ1n) is 5.64. The summed E-state index contributed by atoms with van der Waals surface area (Å²) in [5.74, 6) is 0. The zero-order valence-corrected chi connectivity index (χ0v) is 13.4. The highest BCUT2D eigenvalue weighted by Gasteiger charge is 2.17. The predicted molar refractivity (Wildman–Crippen MR) is 84.7 cm³/mol. The van der Waals surface area contributed by atoms with Gasteiger partial charge in [-0.15, -0.1) is 0 Å². The standard InChI is InChI=1S/C12H7Cl2N3O2S2/c13-7-1-2-9-10(5-7)20-12(16-9)17-21(18,19)8-3-4-15-11(14)6-8/h1-6H,(H,16,17). The molecular weight excluding hydrogens is 353 g/mol. The molecule has 0 unspecified atom stereocenters. The van der Waals surface area contributed by atoms with Crippen molar-refractivity contribution in [1.82, 2.24) is 9.97 Å². The van der Waals surface area contributed by atoms with E-state index in [1.807, 2.05) is 0 Å². The number of sulfonamides is 1. The van der Waals surface area contributed by atoms with E-state index in [-0.39, 0.29) is 15.2 Å². The zero-order valence-electron chi connectivity index (χ0n) is 10.2. The number of fused-ring (bicyclic) bond motifs is 1. The van der Waals surface area contributed by atoms with Crippen LogP contribution in [-0.4, -0.2) is 18.4 Å². The van der Waals surface area contributed by atoms with Crippen molar-refractivity contribution in [2.75, 3.05) is 4.72 Å². The molecule has 0 aliphatic rings. The van der Waals surface area contributed by atoms with Crippen molar-refractivity contribution >= 4 is 59.9 Å². The summed E-state index contributed by atoms with van der Waals surface area (Å²) in [4.78, 5) is 7.99. The van der Waals surface area contributed by atoms with Crippen molar-refractivity contribution in [3.05, 3.63) is 46.7 Å². The summed E-state index contributed by atoms with van der Waals surface area (Å²) in [5.41, 5.74) is 0.676. The number of halogens is 2. The molecule has 0 atom stereocenters. The van der Waals surface area contributed by atoms with E-state index in [0.29, 0.717) is 10.5 Å². The second-order valence-corrected chi connectivity index (χ2v) is 7.59. The van der Waals surface area contributed by atoms with Crippen molar-refractivity contribution in [3.63, 3.8) is 0 Å². The van der Waals surface area contributed by atoms with Gasteiger partial charge >= 0.3 is 0 Å². The molecule has 0 aliphatic heterocycles. The van der Waals surface area contributed by atoms with E-state index in [0.717, 1.165) is 4.70 Å². The van der Waals surface area contributed by atoms with E-state index in [9.17, 15) is 8.42 Å². The molecule has 2 heterocycles. The van der Waals surface area contributed by atoms with E-state index in [4.69, 9.17) is 23.2 Å².